The molecule has 2 atom stereocenters. The number of benzene rings is 1. The molecule has 26 heavy (non-hydrogen) atoms. The molecule has 3 fully saturated rings. The quantitative estimate of drug-likeness (QED) is 0.762. The van der Waals surface area contributed by atoms with E-state index in [-0.39, 0.29) is 23.7 Å². The molecule has 1 saturated carbocycles. The van der Waals surface area contributed by atoms with E-state index in [0.29, 0.717) is 6.67 Å². The van der Waals surface area contributed by atoms with E-state index in [4.69, 9.17) is 11.6 Å². The molecule has 4 rings (SSSR count). The number of nitrogens with zero attached hydrogens (tertiary/aromatic N) is 3. The minimum atomic E-state index is -0.0494. The molecule has 1 aromatic carbocycles. The molecule has 140 valence electrons. The molecule has 0 N–H and O–H groups in total. The summed E-state index contributed by atoms with van der Waals surface area (Å²) in [5, 5.41) is 0.754. The Labute approximate surface area is 159 Å². The van der Waals surface area contributed by atoms with Crippen LogP contribution >= 0.6 is 11.6 Å². The Hall–Kier alpha value is -1.59. The third-order valence-electron chi connectivity index (χ3n) is 6.16. The van der Waals surface area contributed by atoms with Crippen LogP contribution in [0.25, 0.3) is 0 Å². The maximum Gasteiger partial charge on any atom is 0.234 e. The topological polar surface area (TPSA) is 43.9 Å². The van der Waals surface area contributed by atoms with E-state index in [1.165, 1.54) is 16.2 Å². The Balaban J connectivity index is 1.37. The monoisotopic (exact) mass is 375 g/mol. The first-order valence-corrected chi connectivity index (χ1v) is 10.0. The number of imide groups is 1. The number of hydrogen-bond acceptors (Lipinski definition) is 4. The molecule has 1 aliphatic carbocycles. The Morgan fingerprint density at radius 2 is 1.62 bits per heavy atom. The molecule has 0 radical (unpaired) electrons. The lowest BCUT2D eigenvalue weighted by Crippen LogP contribution is -2.51. The average molecular weight is 376 g/mol. The Kier molecular flexibility index (Phi) is 4.93. The second kappa shape index (κ2) is 7.20. The van der Waals surface area contributed by atoms with E-state index in [9.17, 15) is 9.59 Å². The van der Waals surface area contributed by atoms with Crippen molar-refractivity contribution in [3.63, 3.8) is 0 Å². The van der Waals surface area contributed by atoms with Gasteiger partial charge >= 0.3 is 0 Å². The van der Waals surface area contributed by atoms with E-state index >= 15 is 0 Å². The summed E-state index contributed by atoms with van der Waals surface area (Å²) < 4.78 is 0. The number of rotatable bonds is 3. The lowest BCUT2D eigenvalue weighted by atomic mass is 9.81. The van der Waals surface area contributed by atoms with Crippen molar-refractivity contribution >= 4 is 29.1 Å². The molecular weight excluding hydrogens is 350 g/mol. The number of hydrogen-bond donors (Lipinski definition) is 0. The Morgan fingerprint density at radius 1 is 1.00 bits per heavy atom. The third-order valence-corrected chi connectivity index (χ3v) is 6.39. The summed E-state index contributed by atoms with van der Waals surface area (Å²) in [7, 11) is 0. The zero-order chi connectivity index (χ0) is 18.3. The molecule has 2 heterocycles. The van der Waals surface area contributed by atoms with Crippen molar-refractivity contribution in [1.82, 2.24) is 9.80 Å². The van der Waals surface area contributed by atoms with Gasteiger partial charge in [-0.2, -0.15) is 0 Å². The highest BCUT2D eigenvalue weighted by molar-refractivity contribution is 6.30. The standard InChI is InChI=1S/C20H26ClN3O2/c1-14-6-7-15(21)12-18(14)23-10-8-22(9-11-23)13-24-19(25)16-4-2-3-5-17(16)20(24)26/h6-7,12,16-17H,2-5,8-11,13H2,1H3/t16-,17+. The number of anilines is 1. The average Bonchev–Trinajstić information content (AvgIpc) is 2.90. The number of aryl methyl sites for hydroxylation is 1. The van der Waals surface area contributed by atoms with Crippen LogP contribution in [-0.2, 0) is 9.59 Å². The maximum atomic E-state index is 12.6. The lowest BCUT2D eigenvalue weighted by Gasteiger charge is -2.38. The van der Waals surface area contributed by atoms with Gasteiger partial charge in [-0.15, -0.1) is 0 Å². The molecule has 1 aromatic rings. The zero-order valence-corrected chi connectivity index (χ0v) is 16.0. The van der Waals surface area contributed by atoms with Gasteiger partial charge in [0.25, 0.3) is 0 Å². The number of amides is 2. The first kappa shape index (κ1) is 17.8. The fourth-order valence-electron chi connectivity index (χ4n) is 4.62. The van der Waals surface area contributed by atoms with Crippen molar-refractivity contribution in [2.24, 2.45) is 11.8 Å². The fraction of sp³-hybridized carbons (Fsp3) is 0.600. The second-order valence-electron chi connectivity index (χ2n) is 7.78. The highest BCUT2D eigenvalue weighted by Gasteiger charge is 2.48. The van der Waals surface area contributed by atoms with Crippen LogP contribution in [0.15, 0.2) is 18.2 Å². The van der Waals surface area contributed by atoms with Crippen molar-refractivity contribution in [2.45, 2.75) is 32.6 Å². The van der Waals surface area contributed by atoms with Gasteiger partial charge in [-0.1, -0.05) is 30.5 Å². The summed E-state index contributed by atoms with van der Waals surface area (Å²) in [6.45, 7) is 6.00. The van der Waals surface area contributed by atoms with Gasteiger partial charge in [0.15, 0.2) is 0 Å². The molecular formula is C20H26ClN3O2. The summed E-state index contributed by atoms with van der Waals surface area (Å²) in [5.41, 5.74) is 2.40. The van der Waals surface area contributed by atoms with Crippen LogP contribution in [0, 0.1) is 18.8 Å². The normalized spacial score (nSPS) is 27.2. The van der Waals surface area contributed by atoms with E-state index in [1.807, 2.05) is 18.2 Å². The van der Waals surface area contributed by atoms with Gasteiger partial charge in [0, 0.05) is 36.9 Å². The maximum absolute atomic E-state index is 12.6. The lowest BCUT2D eigenvalue weighted by molar-refractivity contribution is -0.142. The molecule has 5 nitrogen and oxygen atoms in total. The van der Waals surface area contributed by atoms with Crippen molar-refractivity contribution < 1.29 is 9.59 Å². The van der Waals surface area contributed by atoms with Crippen molar-refractivity contribution in [3.05, 3.63) is 28.8 Å². The highest BCUT2D eigenvalue weighted by Crippen LogP contribution is 2.38. The smallest absolute Gasteiger partial charge is 0.234 e. The predicted molar refractivity (Wildman–Crippen MR) is 102 cm³/mol. The van der Waals surface area contributed by atoms with E-state index in [2.05, 4.69) is 16.7 Å². The number of likely N-dealkylation sites (tertiary alicyclic amines) is 1. The van der Waals surface area contributed by atoms with Gasteiger partial charge < -0.3 is 4.90 Å². The van der Waals surface area contributed by atoms with Crippen LogP contribution in [0.5, 0.6) is 0 Å². The molecule has 2 saturated heterocycles. The summed E-state index contributed by atoms with van der Waals surface area (Å²) in [4.78, 5) is 31.4. The first-order chi connectivity index (χ1) is 12.5. The van der Waals surface area contributed by atoms with Crippen LogP contribution < -0.4 is 4.90 Å². The summed E-state index contributed by atoms with van der Waals surface area (Å²) in [6, 6.07) is 5.98. The molecule has 0 bridgehead atoms. The fourth-order valence-corrected chi connectivity index (χ4v) is 4.79. The van der Waals surface area contributed by atoms with Crippen molar-refractivity contribution in [1.29, 1.82) is 0 Å². The number of carbonyl (C=O) groups excluding carboxylic acids is 2. The minimum absolute atomic E-state index is 0.0494. The van der Waals surface area contributed by atoms with Crippen molar-refractivity contribution in [3.8, 4) is 0 Å². The number of carbonyl (C=O) groups is 2. The molecule has 2 amide bonds. The first-order valence-electron chi connectivity index (χ1n) is 9.63. The van der Waals surface area contributed by atoms with Crippen LogP contribution in [0.3, 0.4) is 0 Å². The minimum Gasteiger partial charge on any atom is -0.369 e. The van der Waals surface area contributed by atoms with Crippen LogP contribution in [0.1, 0.15) is 31.2 Å². The Morgan fingerprint density at radius 3 is 2.23 bits per heavy atom. The van der Waals surface area contributed by atoms with E-state index in [1.54, 1.807) is 0 Å². The summed E-state index contributed by atoms with van der Waals surface area (Å²) >= 11 is 6.15. The molecule has 3 aliphatic rings. The van der Waals surface area contributed by atoms with Gasteiger partial charge in [-0.05, 0) is 37.5 Å². The van der Waals surface area contributed by atoms with Gasteiger partial charge in [0.1, 0.15) is 0 Å². The van der Waals surface area contributed by atoms with Gasteiger partial charge in [0.2, 0.25) is 11.8 Å². The molecule has 6 heteroatoms. The number of halogens is 1. The number of piperazine rings is 1. The molecule has 2 aliphatic heterocycles. The largest absolute Gasteiger partial charge is 0.369 e. The van der Waals surface area contributed by atoms with Gasteiger partial charge in [0.05, 0.1) is 18.5 Å². The molecule has 0 unspecified atom stereocenters. The van der Waals surface area contributed by atoms with Crippen LogP contribution in [-0.4, -0.2) is 54.5 Å². The van der Waals surface area contributed by atoms with Gasteiger partial charge in [-0.3, -0.25) is 19.4 Å². The van der Waals surface area contributed by atoms with Crippen LogP contribution in [0.4, 0.5) is 5.69 Å². The predicted octanol–water partition coefficient (Wildman–Crippen LogP) is 2.90. The van der Waals surface area contributed by atoms with E-state index < -0.39 is 0 Å². The second-order valence-corrected chi connectivity index (χ2v) is 8.22. The van der Waals surface area contributed by atoms with Crippen molar-refractivity contribution in [2.75, 3.05) is 37.7 Å². The van der Waals surface area contributed by atoms with E-state index in [0.717, 1.165) is 56.9 Å². The Bertz CT molecular complexity index is 691. The zero-order valence-electron chi connectivity index (χ0n) is 15.3. The summed E-state index contributed by atoms with van der Waals surface area (Å²) in [6.07, 6.45) is 3.92. The molecule has 0 aromatic heterocycles. The SMILES string of the molecule is Cc1ccc(Cl)cc1N1CCN(CN2C(=O)[C@H]3CCCC[C@H]3C2=O)CC1. The van der Waals surface area contributed by atoms with Crippen LogP contribution in [0.2, 0.25) is 5.02 Å². The third kappa shape index (κ3) is 3.23. The highest BCUT2D eigenvalue weighted by atomic mass is 35.5. The summed E-state index contributed by atoms with van der Waals surface area (Å²) in [5.74, 6) is 0.0268. The number of fused-ring (bicyclic) bond motifs is 1. The van der Waals surface area contributed by atoms with Gasteiger partial charge in [-0.25, -0.2) is 0 Å². The molecule has 0 spiro atoms.